The monoisotopic (exact) mass is 228 g/mol. The van der Waals surface area contributed by atoms with E-state index in [1.54, 1.807) is 19.1 Å². The van der Waals surface area contributed by atoms with Gasteiger partial charge in [-0.2, -0.15) is 0 Å². The summed E-state index contributed by atoms with van der Waals surface area (Å²) in [6, 6.07) is 14.3. The Bertz CT molecular complexity index is 520. The van der Waals surface area contributed by atoms with Crippen molar-refractivity contribution in [2.45, 2.75) is 12.8 Å². The van der Waals surface area contributed by atoms with Gasteiger partial charge < -0.3 is 4.79 Å². The van der Waals surface area contributed by atoms with E-state index >= 15 is 0 Å². The molecule has 1 nitrogen and oxygen atoms in total. The highest BCUT2D eigenvalue weighted by molar-refractivity contribution is 5.67. The molecule has 1 unspecified atom stereocenters. The van der Waals surface area contributed by atoms with Crippen LogP contribution in [0.3, 0.4) is 0 Å². The average Bonchev–Trinajstić information content (AvgIpc) is 2.38. The summed E-state index contributed by atoms with van der Waals surface area (Å²) in [5.41, 5.74) is 2.11. The Hall–Kier alpha value is -1.96. The number of hydrogen-bond donors (Lipinski definition) is 0. The average molecular weight is 228 g/mol. The molecule has 0 fully saturated rings. The van der Waals surface area contributed by atoms with E-state index < -0.39 is 0 Å². The zero-order valence-corrected chi connectivity index (χ0v) is 9.56. The SMILES string of the molecule is CC(C=O)c1ccc(-c2ccccc2)c(F)c1. The van der Waals surface area contributed by atoms with Gasteiger partial charge >= 0.3 is 0 Å². The van der Waals surface area contributed by atoms with Crippen LogP contribution in [0.25, 0.3) is 11.1 Å². The van der Waals surface area contributed by atoms with Crippen LogP contribution >= 0.6 is 0 Å². The minimum Gasteiger partial charge on any atom is -0.303 e. The molecule has 0 amide bonds. The van der Waals surface area contributed by atoms with Crippen molar-refractivity contribution in [3.63, 3.8) is 0 Å². The van der Waals surface area contributed by atoms with E-state index in [1.165, 1.54) is 6.07 Å². The zero-order valence-electron chi connectivity index (χ0n) is 9.56. The molecule has 0 spiro atoms. The standard InChI is InChI=1S/C15H13FO/c1-11(10-17)13-7-8-14(15(16)9-13)12-5-3-2-4-6-12/h2-11H,1H3. The van der Waals surface area contributed by atoms with Crippen molar-refractivity contribution in [3.05, 3.63) is 59.9 Å². The first-order chi connectivity index (χ1) is 8.22. The Morgan fingerprint density at radius 1 is 1.12 bits per heavy atom. The molecule has 0 bridgehead atoms. The van der Waals surface area contributed by atoms with Gasteiger partial charge in [-0.1, -0.05) is 49.4 Å². The van der Waals surface area contributed by atoms with E-state index in [4.69, 9.17) is 0 Å². The maximum Gasteiger partial charge on any atom is 0.131 e. The van der Waals surface area contributed by atoms with Crippen molar-refractivity contribution < 1.29 is 9.18 Å². The number of rotatable bonds is 3. The molecule has 1 atom stereocenters. The first kappa shape index (κ1) is 11.5. The van der Waals surface area contributed by atoms with Crippen molar-refractivity contribution in [2.24, 2.45) is 0 Å². The fourth-order valence-electron chi connectivity index (χ4n) is 1.74. The third kappa shape index (κ3) is 2.41. The van der Waals surface area contributed by atoms with Crippen molar-refractivity contribution in [1.82, 2.24) is 0 Å². The number of carbonyl (C=O) groups excluding carboxylic acids is 1. The first-order valence-electron chi connectivity index (χ1n) is 5.52. The molecule has 0 aromatic heterocycles. The van der Waals surface area contributed by atoms with Gasteiger partial charge in [-0.05, 0) is 17.2 Å². The molecular formula is C15H13FO. The highest BCUT2D eigenvalue weighted by Gasteiger charge is 2.09. The highest BCUT2D eigenvalue weighted by atomic mass is 19.1. The molecule has 0 aliphatic carbocycles. The molecule has 2 rings (SSSR count). The maximum absolute atomic E-state index is 13.9. The van der Waals surface area contributed by atoms with Crippen molar-refractivity contribution in [3.8, 4) is 11.1 Å². The fraction of sp³-hybridized carbons (Fsp3) is 0.133. The summed E-state index contributed by atoms with van der Waals surface area (Å²) >= 11 is 0. The number of hydrogen-bond acceptors (Lipinski definition) is 1. The van der Waals surface area contributed by atoms with Gasteiger partial charge in [-0.25, -0.2) is 4.39 Å². The van der Waals surface area contributed by atoms with E-state index in [0.29, 0.717) is 11.1 Å². The summed E-state index contributed by atoms with van der Waals surface area (Å²) in [5.74, 6) is -0.559. The van der Waals surface area contributed by atoms with Crippen LogP contribution in [0.15, 0.2) is 48.5 Å². The van der Waals surface area contributed by atoms with Crippen LogP contribution in [-0.4, -0.2) is 6.29 Å². The molecule has 2 aromatic carbocycles. The zero-order chi connectivity index (χ0) is 12.3. The van der Waals surface area contributed by atoms with Gasteiger partial charge in [0.25, 0.3) is 0 Å². The van der Waals surface area contributed by atoms with E-state index in [2.05, 4.69) is 0 Å². The predicted molar refractivity (Wildman–Crippen MR) is 66.3 cm³/mol. The molecule has 17 heavy (non-hydrogen) atoms. The van der Waals surface area contributed by atoms with E-state index in [-0.39, 0.29) is 11.7 Å². The van der Waals surface area contributed by atoms with Crippen molar-refractivity contribution >= 4 is 6.29 Å². The van der Waals surface area contributed by atoms with Crippen molar-refractivity contribution in [2.75, 3.05) is 0 Å². The van der Waals surface area contributed by atoms with Crippen LogP contribution in [0, 0.1) is 5.82 Å². The third-order valence-electron chi connectivity index (χ3n) is 2.81. The van der Waals surface area contributed by atoms with Gasteiger partial charge in [0.05, 0.1) is 0 Å². The van der Waals surface area contributed by atoms with E-state index in [9.17, 15) is 9.18 Å². The van der Waals surface area contributed by atoms with E-state index in [0.717, 1.165) is 11.8 Å². The molecule has 86 valence electrons. The summed E-state index contributed by atoms with van der Waals surface area (Å²) in [6.45, 7) is 1.75. The minimum atomic E-state index is -0.289. The molecule has 0 saturated carbocycles. The Kier molecular flexibility index (Phi) is 3.33. The number of benzene rings is 2. The highest BCUT2D eigenvalue weighted by Crippen LogP contribution is 2.25. The second-order valence-corrected chi connectivity index (χ2v) is 4.03. The molecular weight excluding hydrogens is 215 g/mol. The molecule has 0 heterocycles. The number of aldehydes is 1. The second kappa shape index (κ2) is 4.91. The molecule has 0 N–H and O–H groups in total. The van der Waals surface area contributed by atoms with Crippen LogP contribution in [0.2, 0.25) is 0 Å². The molecule has 2 heteroatoms. The summed E-state index contributed by atoms with van der Waals surface area (Å²) in [4.78, 5) is 10.6. The minimum absolute atomic E-state index is 0.269. The Labute approximate surface area is 99.9 Å². The van der Waals surface area contributed by atoms with Crippen LogP contribution in [0.5, 0.6) is 0 Å². The lowest BCUT2D eigenvalue weighted by Gasteiger charge is -2.08. The third-order valence-corrected chi connectivity index (χ3v) is 2.81. The molecule has 0 aliphatic heterocycles. The topological polar surface area (TPSA) is 17.1 Å². The maximum atomic E-state index is 13.9. The lowest BCUT2D eigenvalue weighted by atomic mass is 9.98. The van der Waals surface area contributed by atoms with Crippen LogP contribution in [0.4, 0.5) is 4.39 Å². The Morgan fingerprint density at radius 3 is 2.41 bits per heavy atom. The summed E-state index contributed by atoms with van der Waals surface area (Å²) in [5, 5.41) is 0. The van der Waals surface area contributed by atoms with Gasteiger partial charge in [0.2, 0.25) is 0 Å². The fourth-order valence-corrected chi connectivity index (χ4v) is 1.74. The predicted octanol–water partition coefficient (Wildman–Crippen LogP) is 3.80. The Morgan fingerprint density at radius 2 is 1.82 bits per heavy atom. The molecule has 2 aromatic rings. The van der Waals surface area contributed by atoms with Gasteiger partial charge in [0.15, 0.2) is 0 Å². The molecule has 0 saturated heterocycles. The van der Waals surface area contributed by atoms with Crippen LogP contribution in [-0.2, 0) is 4.79 Å². The summed E-state index contributed by atoms with van der Waals surface area (Å²) in [6.07, 6.45) is 0.816. The quantitative estimate of drug-likeness (QED) is 0.730. The number of halogens is 1. The lowest BCUT2D eigenvalue weighted by Crippen LogP contribution is -1.96. The van der Waals surface area contributed by atoms with Gasteiger partial charge in [0.1, 0.15) is 12.1 Å². The van der Waals surface area contributed by atoms with E-state index in [1.807, 2.05) is 30.3 Å². The lowest BCUT2D eigenvalue weighted by molar-refractivity contribution is -0.108. The van der Waals surface area contributed by atoms with Gasteiger partial charge in [-0.15, -0.1) is 0 Å². The van der Waals surface area contributed by atoms with Crippen molar-refractivity contribution in [1.29, 1.82) is 0 Å². The van der Waals surface area contributed by atoms with Crippen LogP contribution < -0.4 is 0 Å². The Balaban J connectivity index is 2.42. The summed E-state index contributed by atoms with van der Waals surface area (Å²) < 4.78 is 13.9. The number of carbonyl (C=O) groups is 1. The molecule has 0 aliphatic rings. The first-order valence-corrected chi connectivity index (χ1v) is 5.52. The van der Waals surface area contributed by atoms with Crippen LogP contribution in [0.1, 0.15) is 18.4 Å². The van der Waals surface area contributed by atoms with Gasteiger partial charge in [0, 0.05) is 11.5 Å². The second-order valence-electron chi connectivity index (χ2n) is 4.03. The molecule has 0 radical (unpaired) electrons. The van der Waals surface area contributed by atoms with Gasteiger partial charge in [-0.3, -0.25) is 0 Å². The smallest absolute Gasteiger partial charge is 0.131 e. The largest absolute Gasteiger partial charge is 0.303 e. The summed E-state index contributed by atoms with van der Waals surface area (Å²) in [7, 11) is 0. The normalized spacial score (nSPS) is 12.1.